The molecule has 1 aromatic rings. The van der Waals surface area contributed by atoms with Crippen molar-refractivity contribution in [2.24, 2.45) is 0 Å². The Bertz CT molecular complexity index is 905. The first-order valence-electron chi connectivity index (χ1n) is 8.31. The lowest BCUT2D eigenvalue weighted by Crippen LogP contribution is -2.40. The quantitative estimate of drug-likeness (QED) is 0.801. The molecule has 1 unspecified atom stereocenters. The van der Waals surface area contributed by atoms with Crippen molar-refractivity contribution in [3.05, 3.63) is 58.3 Å². The third-order valence-corrected chi connectivity index (χ3v) is 4.67. The molecule has 0 saturated heterocycles. The first kappa shape index (κ1) is 20.0. The van der Waals surface area contributed by atoms with Crippen LogP contribution in [-0.4, -0.2) is 34.2 Å². The Morgan fingerprint density at radius 1 is 1.32 bits per heavy atom. The number of hydrogen-bond acceptors (Lipinski definition) is 3. The zero-order valence-corrected chi connectivity index (χ0v) is 15.1. The van der Waals surface area contributed by atoms with Gasteiger partial charge in [0.05, 0.1) is 12.1 Å². The molecule has 0 fully saturated rings. The van der Waals surface area contributed by atoms with Crippen molar-refractivity contribution in [1.82, 2.24) is 4.90 Å². The summed E-state index contributed by atoms with van der Waals surface area (Å²) >= 11 is 6.22. The molecule has 2 aliphatic rings. The molecule has 0 aliphatic carbocycles. The molecule has 1 amide bonds. The fourth-order valence-electron chi connectivity index (χ4n) is 2.95. The summed E-state index contributed by atoms with van der Waals surface area (Å²) in [5.74, 6) is -2.08. The van der Waals surface area contributed by atoms with Gasteiger partial charge in [-0.3, -0.25) is 4.79 Å². The molecule has 1 N–H and O–H groups in total. The van der Waals surface area contributed by atoms with Gasteiger partial charge in [-0.25, -0.2) is 4.79 Å². The summed E-state index contributed by atoms with van der Waals surface area (Å²) in [5.41, 5.74) is -0.522. The number of hydrogen-bond donors (Lipinski definition) is 1. The van der Waals surface area contributed by atoms with E-state index < -0.39 is 23.8 Å². The Labute approximate surface area is 163 Å². The lowest BCUT2D eigenvalue weighted by Gasteiger charge is -2.29. The van der Waals surface area contributed by atoms with Crippen LogP contribution in [0.5, 0.6) is 5.75 Å². The molecule has 5 nitrogen and oxygen atoms in total. The van der Waals surface area contributed by atoms with Crippen molar-refractivity contribution in [3.63, 3.8) is 0 Å². The molecule has 0 bridgehead atoms. The third kappa shape index (κ3) is 4.06. The number of alkyl halides is 3. The lowest BCUT2D eigenvalue weighted by molar-refractivity contribution is -0.187. The zero-order valence-electron chi connectivity index (χ0n) is 14.4. The standard InChI is InChI=1S/C19H15ClF3NO4/c20-14-6-7-15-11(9-12(18(26)27)17(28-15)19(21,22)23)13(14)10-24-8-4-2-1-3-5-16(24)25/h1-2,4,6-9,17H,3,5,10H2,(H,26,27)/b2-1-,8-4-. The van der Waals surface area contributed by atoms with E-state index in [1.165, 1.54) is 23.2 Å². The molecule has 0 aromatic heterocycles. The number of nitrogens with zero attached hydrogens (tertiary/aromatic N) is 1. The number of allylic oxidation sites excluding steroid dienone is 3. The van der Waals surface area contributed by atoms with Gasteiger partial charge in [-0.2, -0.15) is 13.2 Å². The van der Waals surface area contributed by atoms with Gasteiger partial charge < -0.3 is 14.7 Å². The number of rotatable bonds is 3. The minimum absolute atomic E-state index is 0.0331. The number of fused-ring (bicyclic) bond motifs is 1. The molecular weight excluding hydrogens is 399 g/mol. The van der Waals surface area contributed by atoms with Gasteiger partial charge in [-0.1, -0.05) is 23.8 Å². The van der Waals surface area contributed by atoms with Crippen molar-refractivity contribution in [2.75, 3.05) is 0 Å². The molecule has 148 valence electrons. The van der Waals surface area contributed by atoms with Gasteiger partial charge in [0.25, 0.3) is 0 Å². The van der Waals surface area contributed by atoms with Crippen LogP contribution in [0.3, 0.4) is 0 Å². The molecule has 3 rings (SSSR count). The highest BCUT2D eigenvalue weighted by Crippen LogP contribution is 2.41. The second kappa shape index (κ2) is 7.71. The van der Waals surface area contributed by atoms with E-state index in [0.29, 0.717) is 12.0 Å². The van der Waals surface area contributed by atoms with E-state index >= 15 is 0 Å². The number of carbonyl (C=O) groups is 2. The van der Waals surface area contributed by atoms with Crippen molar-refractivity contribution < 1.29 is 32.6 Å². The van der Waals surface area contributed by atoms with E-state index in [9.17, 15) is 27.9 Å². The van der Waals surface area contributed by atoms with Crippen LogP contribution in [-0.2, 0) is 16.1 Å². The minimum Gasteiger partial charge on any atom is -0.478 e. The molecule has 2 heterocycles. The monoisotopic (exact) mass is 413 g/mol. The van der Waals surface area contributed by atoms with Gasteiger partial charge in [0.2, 0.25) is 12.0 Å². The Morgan fingerprint density at radius 3 is 2.75 bits per heavy atom. The summed E-state index contributed by atoms with van der Waals surface area (Å²) in [4.78, 5) is 25.1. The van der Waals surface area contributed by atoms with Gasteiger partial charge in [-0.05, 0) is 30.7 Å². The van der Waals surface area contributed by atoms with Crippen LogP contribution < -0.4 is 4.74 Å². The van der Waals surface area contributed by atoms with Gasteiger partial charge in [0, 0.05) is 28.8 Å². The van der Waals surface area contributed by atoms with E-state index in [1.807, 2.05) is 6.08 Å². The predicted octanol–water partition coefficient (Wildman–Crippen LogP) is 4.32. The van der Waals surface area contributed by atoms with Crippen LogP contribution in [0, 0.1) is 0 Å². The maximum Gasteiger partial charge on any atom is 0.430 e. The SMILES string of the molecule is O=C(O)C1=Cc2c(ccc(Cl)c2CN2/C=C\C=C/CCC2=O)OC1C(F)(F)F. The predicted molar refractivity (Wildman–Crippen MR) is 95.6 cm³/mol. The fraction of sp³-hybridized carbons (Fsp3) is 0.263. The molecule has 2 aliphatic heterocycles. The summed E-state index contributed by atoms with van der Waals surface area (Å²) in [6.45, 7) is -0.0331. The molecular formula is C19H15ClF3NO4. The molecule has 9 heteroatoms. The van der Waals surface area contributed by atoms with E-state index in [-0.39, 0.29) is 35.2 Å². The number of halogens is 4. The summed E-state index contributed by atoms with van der Waals surface area (Å²) in [6, 6.07) is 2.61. The Morgan fingerprint density at radius 2 is 2.07 bits per heavy atom. The lowest BCUT2D eigenvalue weighted by atomic mass is 9.97. The van der Waals surface area contributed by atoms with E-state index in [0.717, 1.165) is 6.08 Å². The number of ether oxygens (including phenoxy) is 1. The minimum atomic E-state index is -4.89. The van der Waals surface area contributed by atoms with Gasteiger partial charge in [0.15, 0.2) is 0 Å². The molecule has 28 heavy (non-hydrogen) atoms. The maximum absolute atomic E-state index is 13.2. The first-order chi connectivity index (χ1) is 13.2. The first-order valence-corrected chi connectivity index (χ1v) is 8.68. The average Bonchev–Trinajstić information content (AvgIpc) is 2.61. The molecule has 0 saturated carbocycles. The van der Waals surface area contributed by atoms with Crippen LogP contribution in [0.4, 0.5) is 13.2 Å². The molecule has 0 spiro atoms. The fourth-order valence-corrected chi connectivity index (χ4v) is 3.17. The van der Waals surface area contributed by atoms with Crippen LogP contribution in [0.15, 0.2) is 42.1 Å². The highest BCUT2D eigenvalue weighted by atomic mass is 35.5. The second-order valence-corrected chi connectivity index (χ2v) is 6.62. The van der Waals surface area contributed by atoms with Gasteiger partial charge in [-0.15, -0.1) is 0 Å². The Kier molecular flexibility index (Phi) is 5.51. The zero-order chi connectivity index (χ0) is 20.5. The van der Waals surface area contributed by atoms with Crippen molar-refractivity contribution >= 4 is 29.6 Å². The molecule has 1 atom stereocenters. The number of carboxylic acids is 1. The van der Waals surface area contributed by atoms with E-state index in [2.05, 4.69) is 0 Å². The van der Waals surface area contributed by atoms with Crippen LogP contribution in [0.1, 0.15) is 24.0 Å². The van der Waals surface area contributed by atoms with Crippen LogP contribution in [0.25, 0.3) is 6.08 Å². The van der Waals surface area contributed by atoms with Crippen LogP contribution in [0.2, 0.25) is 5.02 Å². The highest BCUT2D eigenvalue weighted by molar-refractivity contribution is 6.31. The summed E-state index contributed by atoms with van der Waals surface area (Å²) < 4.78 is 44.6. The molecule has 0 radical (unpaired) electrons. The van der Waals surface area contributed by atoms with E-state index in [4.69, 9.17) is 16.3 Å². The molecule has 1 aromatic carbocycles. The van der Waals surface area contributed by atoms with Crippen molar-refractivity contribution in [2.45, 2.75) is 31.7 Å². The summed E-state index contributed by atoms with van der Waals surface area (Å²) in [5, 5.41) is 9.41. The van der Waals surface area contributed by atoms with E-state index in [1.54, 1.807) is 12.2 Å². The number of carboxylic acid groups (broad SMARTS) is 1. The normalized spacial score (nSPS) is 21.7. The summed E-state index contributed by atoms with van der Waals surface area (Å²) in [7, 11) is 0. The summed E-state index contributed by atoms with van der Waals surface area (Å²) in [6.07, 6.45) is 1.08. The van der Waals surface area contributed by atoms with Crippen molar-refractivity contribution in [1.29, 1.82) is 0 Å². The Balaban J connectivity index is 2.06. The topological polar surface area (TPSA) is 66.8 Å². The number of aliphatic carboxylic acids is 1. The third-order valence-electron chi connectivity index (χ3n) is 4.32. The maximum atomic E-state index is 13.2. The largest absolute Gasteiger partial charge is 0.478 e. The van der Waals surface area contributed by atoms with Gasteiger partial charge in [0.1, 0.15) is 5.75 Å². The number of amides is 1. The van der Waals surface area contributed by atoms with Gasteiger partial charge >= 0.3 is 12.1 Å². The number of benzene rings is 1. The number of carbonyl (C=O) groups excluding carboxylic acids is 1. The smallest absolute Gasteiger partial charge is 0.430 e. The Hall–Kier alpha value is -2.74. The second-order valence-electron chi connectivity index (χ2n) is 6.21. The average molecular weight is 414 g/mol. The highest BCUT2D eigenvalue weighted by Gasteiger charge is 2.48. The van der Waals surface area contributed by atoms with Crippen molar-refractivity contribution in [3.8, 4) is 5.75 Å². The van der Waals surface area contributed by atoms with Crippen LogP contribution >= 0.6 is 11.6 Å².